The molecule has 0 unspecified atom stereocenters. The second kappa shape index (κ2) is 7.66. The molecule has 1 aliphatic heterocycles. The van der Waals surface area contributed by atoms with Crippen LogP contribution in [0.4, 0.5) is 5.82 Å². The van der Waals surface area contributed by atoms with Gasteiger partial charge in [-0.25, -0.2) is 4.98 Å². The maximum Gasteiger partial charge on any atom is 0.223 e. The molecule has 1 N–H and O–H groups in total. The topological polar surface area (TPSA) is 71.3 Å². The Labute approximate surface area is 146 Å². The Bertz CT molecular complexity index is 703. The Balaban J connectivity index is 1.59. The summed E-state index contributed by atoms with van der Waals surface area (Å²) in [6.45, 7) is 1.57. The van der Waals surface area contributed by atoms with Crippen molar-refractivity contribution < 1.29 is 9.32 Å². The predicted octanol–water partition coefficient (Wildman–Crippen LogP) is 3.10. The Hall–Kier alpha value is -2.08. The van der Waals surface area contributed by atoms with Gasteiger partial charge in [0.2, 0.25) is 5.91 Å². The fourth-order valence-electron chi connectivity index (χ4n) is 3.11. The molecule has 1 atom stereocenters. The number of aromatic nitrogens is 2. The number of hydrogen-bond acceptors (Lipinski definition) is 5. The van der Waals surface area contributed by atoms with Gasteiger partial charge in [-0.3, -0.25) is 4.79 Å². The molecule has 2 aromatic rings. The number of nitrogens with zero attached hydrogens (tertiary/aromatic N) is 3. The molecule has 1 aliphatic rings. The molecule has 1 amide bonds. The van der Waals surface area contributed by atoms with Crippen LogP contribution in [0, 0.1) is 0 Å². The summed E-state index contributed by atoms with van der Waals surface area (Å²) in [6, 6.07) is 5.76. The number of carbonyl (C=O) groups is 1. The number of nitrogens with one attached hydrogen (secondary N) is 1. The molecule has 7 heteroatoms. The molecule has 0 aliphatic carbocycles. The third-order valence-electron chi connectivity index (χ3n) is 4.40. The molecule has 0 radical (unpaired) electrons. The molecule has 24 heavy (non-hydrogen) atoms. The van der Waals surface area contributed by atoms with Gasteiger partial charge in [-0.05, 0) is 30.5 Å². The quantitative estimate of drug-likeness (QED) is 0.899. The van der Waals surface area contributed by atoms with E-state index >= 15 is 0 Å². The molecule has 3 heterocycles. The zero-order chi connectivity index (χ0) is 16.9. The summed E-state index contributed by atoms with van der Waals surface area (Å²) in [7, 11) is 1.86. The summed E-state index contributed by atoms with van der Waals surface area (Å²) >= 11 is 5.73. The minimum absolute atomic E-state index is 0.148. The molecular weight excluding hydrogens is 328 g/mol. The fourth-order valence-corrected chi connectivity index (χ4v) is 3.26. The highest BCUT2D eigenvalue weighted by Crippen LogP contribution is 2.28. The first kappa shape index (κ1) is 16.8. The van der Waals surface area contributed by atoms with E-state index in [1.807, 2.05) is 24.2 Å². The molecule has 1 fully saturated rings. The molecule has 2 aromatic heterocycles. The van der Waals surface area contributed by atoms with Crippen molar-refractivity contribution in [2.75, 3.05) is 25.5 Å². The van der Waals surface area contributed by atoms with Crippen molar-refractivity contribution in [3.05, 3.63) is 40.9 Å². The largest absolute Gasteiger partial charge is 0.373 e. The Morgan fingerprint density at radius 2 is 2.38 bits per heavy atom. The van der Waals surface area contributed by atoms with Crippen molar-refractivity contribution >= 4 is 23.3 Å². The van der Waals surface area contributed by atoms with Gasteiger partial charge >= 0.3 is 0 Å². The van der Waals surface area contributed by atoms with Crippen molar-refractivity contribution in [2.24, 2.45) is 0 Å². The minimum Gasteiger partial charge on any atom is -0.373 e. The number of aryl methyl sites for hydroxylation is 1. The maximum atomic E-state index is 12.5. The zero-order valence-electron chi connectivity index (χ0n) is 13.7. The smallest absolute Gasteiger partial charge is 0.223 e. The van der Waals surface area contributed by atoms with Crippen molar-refractivity contribution in [2.45, 2.75) is 31.6 Å². The number of carbonyl (C=O) groups excluding carboxylic acids is 1. The van der Waals surface area contributed by atoms with Crippen molar-refractivity contribution in [1.82, 2.24) is 15.0 Å². The molecule has 0 aromatic carbocycles. The van der Waals surface area contributed by atoms with E-state index in [1.165, 1.54) is 5.56 Å². The Morgan fingerprint density at radius 1 is 1.50 bits per heavy atom. The van der Waals surface area contributed by atoms with Crippen LogP contribution < -0.4 is 5.32 Å². The van der Waals surface area contributed by atoms with E-state index in [0.717, 1.165) is 31.7 Å². The highest BCUT2D eigenvalue weighted by molar-refractivity contribution is 6.29. The minimum atomic E-state index is 0.148. The first-order chi connectivity index (χ1) is 11.7. The normalized spacial score (nSPS) is 17.8. The third-order valence-corrected chi connectivity index (χ3v) is 4.58. The van der Waals surface area contributed by atoms with Gasteiger partial charge in [0, 0.05) is 51.2 Å². The number of likely N-dealkylation sites (tertiary alicyclic amines) is 1. The number of pyridine rings is 1. The van der Waals surface area contributed by atoms with Crippen LogP contribution in [0.1, 0.15) is 36.5 Å². The van der Waals surface area contributed by atoms with Crippen LogP contribution in [-0.4, -0.2) is 41.1 Å². The lowest BCUT2D eigenvalue weighted by molar-refractivity contribution is -0.132. The predicted molar refractivity (Wildman–Crippen MR) is 92.2 cm³/mol. The number of piperidine rings is 1. The van der Waals surface area contributed by atoms with Gasteiger partial charge in [0.05, 0.1) is 0 Å². The molecule has 128 valence electrons. The molecule has 6 nitrogen and oxygen atoms in total. The molecule has 0 spiro atoms. The summed E-state index contributed by atoms with van der Waals surface area (Å²) in [6.07, 6.45) is 4.86. The van der Waals surface area contributed by atoms with Gasteiger partial charge in [0.15, 0.2) is 5.15 Å². The van der Waals surface area contributed by atoms with Crippen LogP contribution in [0.3, 0.4) is 0 Å². The van der Waals surface area contributed by atoms with E-state index in [-0.39, 0.29) is 5.91 Å². The van der Waals surface area contributed by atoms with Crippen molar-refractivity contribution in [3.8, 4) is 0 Å². The van der Waals surface area contributed by atoms with Gasteiger partial charge in [-0.1, -0.05) is 16.8 Å². The molecule has 0 saturated carbocycles. The van der Waals surface area contributed by atoms with E-state index in [4.69, 9.17) is 16.1 Å². The van der Waals surface area contributed by atoms with Gasteiger partial charge < -0.3 is 14.7 Å². The van der Waals surface area contributed by atoms with Crippen molar-refractivity contribution in [3.63, 3.8) is 0 Å². The fraction of sp³-hybridized carbons (Fsp3) is 0.471. The summed E-state index contributed by atoms with van der Waals surface area (Å²) in [4.78, 5) is 18.7. The summed E-state index contributed by atoms with van der Waals surface area (Å²) < 4.78 is 5.05. The first-order valence-corrected chi connectivity index (χ1v) is 8.56. The molecular formula is C17H21ClN4O2. The van der Waals surface area contributed by atoms with Crippen LogP contribution in [0.15, 0.2) is 28.9 Å². The number of anilines is 1. The first-order valence-electron chi connectivity index (χ1n) is 8.18. The Morgan fingerprint density at radius 3 is 3.12 bits per heavy atom. The van der Waals surface area contributed by atoms with Crippen molar-refractivity contribution in [1.29, 1.82) is 0 Å². The Kier molecular flexibility index (Phi) is 5.35. The monoisotopic (exact) mass is 348 g/mol. The van der Waals surface area contributed by atoms with E-state index in [2.05, 4.69) is 21.5 Å². The second-order valence-corrected chi connectivity index (χ2v) is 6.41. The van der Waals surface area contributed by atoms with Gasteiger partial charge in [0.1, 0.15) is 11.6 Å². The van der Waals surface area contributed by atoms with E-state index in [9.17, 15) is 4.79 Å². The van der Waals surface area contributed by atoms with Crippen LogP contribution >= 0.6 is 11.6 Å². The summed E-state index contributed by atoms with van der Waals surface area (Å²) in [5.41, 5.74) is 1.23. The standard InChI is InChI=1S/C17H21ClN4O2/c1-19-16-9-12(6-7-20-16)13-3-2-8-22(11-13)17(23)5-4-14-10-15(18)21-24-14/h6-7,9-10,13H,2-5,8,11H2,1H3,(H,19,20)/t13-/m1/s1. The average Bonchev–Trinajstić information content (AvgIpc) is 3.05. The van der Waals surface area contributed by atoms with E-state index in [1.54, 1.807) is 6.07 Å². The molecule has 3 rings (SSSR count). The van der Waals surface area contributed by atoms with Crippen LogP contribution in [-0.2, 0) is 11.2 Å². The number of rotatable bonds is 5. The lowest BCUT2D eigenvalue weighted by atomic mass is 9.91. The SMILES string of the molecule is CNc1cc([C@@H]2CCCN(C(=O)CCc3cc(Cl)no3)C2)ccn1. The van der Waals surface area contributed by atoms with E-state index in [0.29, 0.717) is 29.7 Å². The number of amides is 1. The second-order valence-electron chi connectivity index (χ2n) is 6.02. The van der Waals surface area contributed by atoms with Crippen LogP contribution in [0.2, 0.25) is 5.15 Å². The van der Waals surface area contributed by atoms with Crippen LogP contribution in [0.5, 0.6) is 0 Å². The highest BCUT2D eigenvalue weighted by atomic mass is 35.5. The summed E-state index contributed by atoms with van der Waals surface area (Å²) in [5, 5.41) is 7.02. The third kappa shape index (κ3) is 4.06. The lowest BCUT2D eigenvalue weighted by Gasteiger charge is -2.33. The van der Waals surface area contributed by atoms with Gasteiger partial charge in [-0.15, -0.1) is 0 Å². The number of hydrogen-bond donors (Lipinski definition) is 1. The van der Waals surface area contributed by atoms with Gasteiger partial charge in [-0.2, -0.15) is 0 Å². The molecule has 1 saturated heterocycles. The zero-order valence-corrected chi connectivity index (χ0v) is 14.4. The number of halogens is 1. The van der Waals surface area contributed by atoms with Crippen LogP contribution in [0.25, 0.3) is 0 Å². The highest BCUT2D eigenvalue weighted by Gasteiger charge is 2.25. The maximum absolute atomic E-state index is 12.5. The average molecular weight is 349 g/mol. The van der Waals surface area contributed by atoms with E-state index < -0.39 is 0 Å². The summed E-state index contributed by atoms with van der Waals surface area (Å²) in [5.74, 6) is 2.01. The molecule has 0 bridgehead atoms. The lowest BCUT2D eigenvalue weighted by Crippen LogP contribution is -2.39. The van der Waals surface area contributed by atoms with Gasteiger partial charge in [0.25, 0.3) is 0 Å².